The first-order valence-electron chi connectivity index (χ1n) is 13.1. The Hall–Kier alpha value is -1.28. The van der Waals surface area contributed by atoms with E-state index >= 15 is 0 Å². The Kier molecular flexibility index (Phi) is 5.88. The van der Waals surface area contributed by atoms with Gasteiger partial charge in [0.1, 0.15) is 0 Å². The quantitative estimate of drug-likeness (QED) is 0.619. The third kappa shape index (κ3) is 4.19. The molecule has 2 saturated heterocycles. The summed E-state index contributed by atoms with van der Waals surface area (Å²) in [7, 11) is 0. The summed E-state index contributed by atoms with van der Waals surface area (Å²) in [5.74, 6) is 0.794. The number of piperidine rings is 1. The fraction of sp³-hybridized carbons (Fsp3) is 0.769. The number of hydrogen-bond acceptors (Lipinski definition) is 6. The summed E-state index contributed by atoms with van der Waals surface area (Å²) in [4.78, 5) is 5.65. The lowest BCUT2D eigenvalue weighted by Crippen LogP contribution is -2.50. The zero-order valence-corrected chi connectivity index (χ0v) is 21.0. The minimum Gasteiger partial charge on any atom is -0.381 e. The summed E-state index contributed by atoms with van der Waals surface area (Å²) in [6, 6.07) is 2.91. The minimum absolute atomic E-state index is 0.0763. The van der Waals surface area contributed by atoms with E-state index in [1.165, 1.54) is 36.1 Å². The number of nitrogens with zero attached hydrogens (tertiary/aromatic N) is 4. The van der Waals surface area contributed by atoms with Gasteiger partial charge in [0, 0.05) is 61.3 Å². The van der Waals surface area contributed by atoms with E-state index in [0.29, 0.717) is 11.5 Å². The first-order valence-corrected chi connectivity index (χ1v) is 13.9. The second-order valence-electron chi connectivity index (χ2n) is 10.9. The van der Waals surface area contributed by atoms with E-state index in [9.17, 15) is 0 Å². The summed E-state index contributed by atoms with van der Waals surface area (Å²) in [6.45, 7) is 10.3. The zero-order chi connectivity index (χ0) is 22.5. The molecule has 4 aliphatic rings. The van der Waals surface area contributed by atoms with Crippen LogP contribution in [-0.2, 0) is 41.0 Å². The Morgan fingerprint density at radius 2 is 2.03 bits per heavy atom. The maximum absolute atomic E-state index is 6.52. The van der Waals surface area contributed by atoms with Gasteiger partial charge in [0.05, 0.1) is 17.9 Å². The van der Waals surface area contributed by atoms with Crippen LogP contribution in [0, 0.1) is 11.3 Å². The second-order valence-corrected chi connectivity index (χ2v) is 12.1. The molecular weight excluding hydrogens is 432 g/mol. The van der Waals surface area contributed by atoms with Crippen molar-refractivity contribution in [2.75, 3.05) is 26.4 Å². The molecule has 5 heterocycles. The van der Waals surface area contributed by atoms with Gasteiger partial charge in [-0.05, 0) is 74.8 Å². The molecule has 0 N–H and O–H groups in total. The Morgan fingerprint density at radius 3 is 2.79 bits per heavy atom. The maximum Gasteiger partial charge on any atom is 0.0969 e. The molecule has 2 aromatic heterocycles. The smallest absolute Gasteiger partial charge is 0.0969 e. The molecule has 1 spiro atoms. The predicted molar refractivity (Wildman–Crippen MR) is 129 cm³/mol. The molecule has 0 amide bonds. The van der Waals surface area contributed by atoms with E-state index in [-0.39, 0.29) is 5.60 Å². The third-order valence-corrected chi connectivity index (χ3v) is 10.2. The van der Waals surface area contributed by atoms with Crippen LogP contribution in [0.2, 0.25) is 0 Å². The van der Waals surface area contributed by atoms with Gasteiger partial charge in [0.25, 0.3) is 0 Å². The van der Waals surface area contributed by atoms with Gasteiger partial charge in [-0.25, -0.2) is 0 Å². The SMILES string of the molecule is CCc1cc2c(s1)CCO[C@@]21CCN(Cc2cn(CC3(C4CCOCC4)CC3)nn2)[C@@H](C)C1. The van der Waals surface area contributed by atoms with E-state index in [4.69, 9.17) is 9.47 Å². The number of ether oxygens (including phenoxy) is 2. The molecule has 0 radical (unpaired) electrons. The summed E-state index contributed by atoms with van der Waals surface area (Å²) in [6.07, 6.45) is 11.7. The highest BCUT2D eigenvalue weighted by Crippen LogP contribution is 2.56. The van der Waals surface area contributed by atoms with Crippen molar-refractivity contribution in [1.82, 2.24) is 19.9 Å². The van der Waals surface area contributed by atoms with E-state index in [0.717, 1.165) is 76.8 Å². The first-order chi connectivity index (χ1) is 16.1. The molecule has 180 valence electrons. The Bertz CT molecular complexity index is 977. The van der Waals surface area contributed by atoms with E-state index in [2.05, 4.69) is 46.0 Å². The van der Waals surface area contributed by atoms with Crippen LogP contribution < -0.4 is 0 Å². The number of rotatable bonds is 6. The summed E-state index contributed by atoms with van der Waals surface area (Å²) in [5, 5.41) is 9.11. The highest BCUT2D eigenvalue weighted by Gasteiger charge is 2.50. The summed E-state index contributed by atoms with van der Waals surface area (Å²) >= 11 is 2.01. The van der Waals surface area contributed by atoms with Gasteiger partial charge in [-0.2, -0.15) is 0 Å². The molecule has 0 aromatic carbocycles. The van der Waals surface area contributed by atoms with Crippen molar-refractivity contribution in [1.29, 1.82) is 0 Å². The molecule has 0 bridgehead atoms. The average molecular weight is 471 g/mol. The van der Waals surface area contributed by atoms with Crippen LogP contribution in [0.5, 0.6) is 0 Å². The largest absolute Gasteiger partial charge is 0.381 e. The topological polar surface area (TPSA) is 52.4 Å². The molecule has 3 aliphatic heterocycles. The van der Waals surface area contributed by atoms with Crippen molar-refractivity contribution in [3.05, 3.63) is 33.3 Å². The van der Waals surface area contributed by atoms with Crippen LogP contribution in [0.3, 0.4) is 0 Å². The fourth-order valence-corrected chi connectivity index (χ4v) is 7.87. The molecule has 6 nitrogen and oxygen atoms in total. The first kappa shape index (κ1) is 22.2. The normalized spacial score (nSPS) is 29.9. The van der Waals surface area contributed by atoms with Gasteiger partial charge in [-0.3, -0.25) is 9.58 Å². The van der Waals surface area contributed by atoms with Crippen LogP contribution >= 0.6 is 11.3 Å². The molecule has 2 atom stereocenters. The van der Waals surface area contributed by atoms with Crippen molar-refractivity contribution < 1.29 is 9.47 Å². The Balaban J connectivity index is 1.10. The fourth-order valence-electron chi connectivity index (χ4n) is 6.70. The highest BCUT2D eigenvalue weighted by molar-refractivity contribution is 7.12. The van der Waals surface area contributed by atoms with Crippen LogP contribution in [0.4, 0.5) is 0 Å². The monoisotopic (exact) mass is 470 g/mol. The van der Waals surface area contributed by atoms with Gasteiger partial charge in [0.15, 0.2) is 0 Å². The van der Waals surface area contributed by atoms with Crippen molar-refractivity contribution >= 4 is 11.3 Å². The van der Waals surface area contributed by atoms with Crippen LogP contribution in [0.25, 0.3) is 0 Å². The van der Waals surface area contributed by atoms with Crippen LogP contribution in [0.1, 0.15) is 73.4 Å². The lowest BCUT2D eigenvalue weighted by Gasteiger charge is -2.47. The Labute approximate surface area is 201 Å². The lowest BCUT2D eigenvalue weighted by molar-refractivity contribution is -0.112. The van der Waals surface area contributed by atoms with Gasteiger partial charge < -0.3 is 9.47 Å². The molecule has 3 fully saturated rings. The van der Waals surface area contributed by atoms with Gasteiger partial charge >= 0.3 is 0 Å². The molecule has 2 aromatic rings. The third-order valence-electron chi connectivity index (χ3n) is 8.87. The zero-order valence-electron chi connectivity index (χ0n) is 20.2. The number of aryl methyl sites for hydroxylation is 1. The second kappa shape index (κ2) is 8.74. The van der Waals surface area contributed by atoms with Crippen molar-refractivity contribution in [3.63, 3.8) is 0 Å². The number of fused-ring (bicyclic) bond motifs is 2. The average Bonchev–Trinajstić information content (AvgIpc) is 3.26. The van der Waals surface area contributed by atoms with E-state index < -0.39 is 0 Å². The van der Waals surface area contributed by atoms with Crippen LogP contribution in [0.15, 0.2) is 12.3 Å². The standard InChI is InChI=1S/C26H38N4O2S/c1-3-22-14-23-24(33-22)6-13-32-26(23)9-10-29(19(2)15-26)16-21-17-30(28-27-21)18-25(7-8-25)20-4-11-31-12-5-20/h14,17,19-20H,3-13,15-16,18H2,1-2H3/t19-,26+/m0/s1. The Morgan fingerprint density at radius 1 is 1.18 bits per heavy atom. The van der Waals surface area contributed by atoms with Gasteiger partial charge in [-0.15, -0.1) is 16.4 Å². The molecule has 7 heteroatoms. The maximum atomic E-state index is 6.52. The van der Waals surface area contributed by atoms with Crippen molar-refractivity contribution in [2.45, 2.75) is 89.9 Å². The van der Waals surface area contributed by atoms with Gasteiger partial charge in [0.2, 0.25) is 0 Å². The number of likely N-dealkylation sites (tertiary alicyclic amines) is 1. The molecule has 1 aliphatic carbocycles. The van der Waals surface area contributed by atoms with E-state index in [1.807, 2.05) is 11.3 Å². The molecule has 1 saturated carbocycles. The lowest BCUT2D eigenvalue weighted by atomic mass is 9.79. The summed E-state index contributed by atoms with van der Waals surface area (Å²) in [5.41, 5.74) is 2.98. The number of aromatic nitrogens is 3. The molecule has 33 heavy (non-hydrogen) atoms. The highest BCUT2D eigenvalue weighted by atomic mass is 32.1. The number of hydrogen-bond donors (Lipinski definition) is 0. The minimum atomic E-state index is -0.0763. The predicted octanol–water partition coefficient (Wildman–Crippen LogP) is 4.56. The molecule has 6 rings (SSSR count). The van der Waals surface area contributed by atoms with E-state index in [1.54, 1.807) is 4.88 Å². The summed E-state index contributed by atoms with van der Waals surface area (Å²) < 4.78 is 14.2. The number of thiophene rings is 1. The van der Waals surface area contributed by atoms with Crippen molar-refractivity contribution in [3.8, 4) is 0 Å². The van der Waals surface area contributed by atoms with Gasteiger partial charge in [-0.1, -0.05) is 12.1 Å². The van der Waals surface area contributed by atoms with Crippen molar-refractivity contribution in [2.24, 2.45) is 11.3 Å². The molecular formula is C26H38N4O2S. The molecule has 0 unspecified atom stereocenters. The van der Waals surface area contributed by atoms with Crippen LogP contribution in [-0.4, -0.2) is 52.3 Å².